The van der Waals surface area contributed by atoms with E-state index in [1.807, 2.05) is 44.3 Å². The molecule has 0 aliphatic carbocycles. The lowest BCUT2D eigenvalue weighted by Gasteiger charge is -2.11. The molecule has 0 aliphatic rings. The lowest BCUT2D eigenvalue weighted by molar-refractivity contribution is 0.619. The molecule has 0 bridgehead atoms. The minimum atomic E-state index is -0.248. The Kier molecular flexibility index (Phi) is 5.09. The molecule has 1 heterocycles. The minimum absolute atomic E-state index is 0.248. The quantitative estimate of drug-likeness (QED) is 0.677. The van der Waals surface area contributed by atoms with Crippen molar-refractivity contribution in [1.29, 1.82) is 0 Å². The van der Waals surface area contributed by atoms with Crippen molar-refractivity contribution < 1.29 is 4.39 Å². The Morgan fingerprint density at radius 2 is 1.96 bits per heavy atom. The Labute approximate surface area is 151 Å². The third-order valence-corrected chi connectivity index (χ3v) is 3.96. The summed E-state index contributed by atoms with van der Waals surface area (Å²) in [7, 11) is 0. The van der Waals surface area contributed by atoms with Crippen molar-refractivity contribution in [2.24, 2.45) is 0 Å². The maximum absolute atomic E-state index is 13.2. The third-order valence-electron chi connectivity index (χ3n) is 3.76. The van der Waals surface area contributed by atoms with Gasteiger partial charge in [0, 0.05) is 18.0 Å². The fourth-order valence-electron chi connectivity index (χ4n) is 2.48. The summed E-state index contributed by atoms with van der Waals surface area (Å²) >= 11 is 5.36. The van der Waals surface area contributed by atoms with Crippen LogP contribution in [-0.2, 0) is 6.54 Å². The van der Waals surface area contributed by atoms with Gasteiger partial charge < -0.3 is 10.6 Å². The van der Waals surface area contributed by atoms with E-state index in [4.69, 9.17) is 12.2 Å². The summed E-state index contributed by atoms with van der Waals surface area (Å²) in [5, 5.41) is 11.1. The molecule has 3 rings (SSSR count). The molecule has 25 heavy (non-hydrogen) atoms. The van der Waals surface area contributed by atoms with Gasteiger partial charge >= 0.3 is 0 Å². The van der Waals surface area contributed by atoms with Crippen molar-refractivity contribution in [1.82, 2.24) is 9.78 Å². The first-order valence-electron chi connectivity index (χ1n) is 7.93. The zero-order valence-corrected chi connectivity index (χ0v) is 14.9. The number of aromatic nitrogens is 2. The minimum Gasteiger partial charge on any atom is -0.332 e. The molecule has 0 amide bonds. The smallest absolute Gasteiger partial charge is 0.176 e. The number of benzene rings is 2. The first-order valence-corrected chi connectivity index (χ1v) is 8.33. The number of thiocarbonyl (C=S) groups is 1. The van der Waals surface area contributed by atoms with Gasteiger partial charge in [0.05, 0.1) is 6.54 Å². The molecular formula is C19H19FN4S. The van der Waals surface area contributed by atoms with E-state index in [2.05, 4.69) is 21.8 Å². The molecule has 0 aliphatic heterocycles. The number of aryl methyl sites for hydroxylation is 2. The lowest BCUT2D eigenvalue weighted by atomic mass is 10.1. The molecule has 0 saturated carbocycles. The molecule has 4 nitrogen and oxygen atoms in total. The van der Waals surface area contributed by atoms with E-state index in [9.17, 15) is 4.39 Å². The van der Waals surface area contributed by atoms with Crippen LogP contribution in [0.5, 0.6) is 0 Å². The number of nitrogens with one attached hydrogen (secondary N) is 2. The van der Waals surface area contributed by atoms with Crippen LogP contribution in [0.2, 0.25) is 0 Å². The van der Waals surface area contributed by atoms with Crippen molar-refractivity contribution >= 4 is 28.8 Å². The second-order valence-corrected chi connectivity index (χ2v) is 6.33. The molecule has 3 aromatic rings. The van der Waals surface area contributed by atoms with E-state index in [0.717, 1.165) is 22.4 Å². The SMILES string of the molecule is Cc1ccc(C)c(NC(=S)Nc2ccn(Cc3cccc(F)c3)n2)c1. The number of halogens is 1. The fraction of sp³-hybridized carbons (Fsp3) is 0.158. The number of nitrogens with zero attached hydrogens (tertiary/aromatic N) is 2. The van der Waals surface area contributed by atoms with Gasteiger partial charge in [0.15, 0.2) is 10.9 Å². The van der Waals surface area contributed by atoms with Crippen molar-refractivity contribution in [2.75, 3.05) is 10.6 Å². The molecule has 0 atom stereocenters. The number of anilines is 2. The average molecular weight is 354 g/mol. The van der Waals surface area contributed by atoms with E-state index in [1.165, 1.54) is 12.1 Å². The van der Waals surface area contributed by atoms with Crippen molar-refractivity contribution in [2.45, 2.75) is 20.4 Å². The molecular weight excluding hydrogens is 335 g/mol. The zero-order valence-electron chi connectivity index (χ0n) is 14.1. The van der Waals surface area contributed by atoms with Gasteiger partial charge in [0.25, 0.3) is 0 Å². The third kappa shape index (κ3) is 4.64. The van der Waals surface area contributed by atoms with Crippen LogP contribution in [0.25, 0.3) is 0 Å². The van der Waals surface area contributed by atoms with Gasteiger partial charge in [-0.15, -0.1) is 0 Å². The fourth-order valence-corrected chi connectivity index (χ4v) is 2.69. The Balaban J connectivity index is 1.62. The lowest BCUT2D eigenvalue weighted by Crippen LogP contribution is -2.20. The van der Waals surface area contributed by atoms with Crippen LogP contribution in [-0.4, -0.2) is 14.9 Å². The van der Waals surface area contributed by atoms with Gasteiger partial charge in [0.1, 0.15) is 5.82 Å². The normalized spacial score (nSPS) is 10.5. The molecule has 2 N–H and O–H groups in total. The Morgan fingerprint density at radius 3 is 2.76 bits per heavy atom. The van der Waals surface area contributed by atoms with Gasteiger partial charge in [-0.3, -0.25) is 4.68 Å². The summed E-state index contributed by atoms with van der Waals surface area (Å²) < 4.78 is 15.0. The van der Waals surface area contributed by atoms with Crippen LogP contribution < -0.4 is 10.6 Å². The second kappa shape index (κ2) is 7.44. The topological polar surface area (TPSA) is 41.9 Å². The second-order valence-electron chi connectivity index (χ2n) is 5.93. The molecule has 0 spiro atoms. The maximum atomic E-state index is 13.2. The summed E-state index contributed by atoms with van der Waals surface area (Å²) in [6.45, 7) is 4.56. The van der Waals surface area contributed by atoms with Crippen LogP contribution in [0.15, 0.2) is 54.7 Å². The molecule has 0 radical (unpaired) electrons. The highest BCUT2D eigenvalue weighted by Crippen LogP contribution is 2.17. The number of rotatable bonds is 4. The van der Waals surface area contributed by atoms with E-state index < -0.39 is 0 Å². The standard InChI is InChI=1S/C19H19FN4S/c1-13-6-7-14(2)17(10-13)21-19(25)22-18-8-9-24(23-18)12-15-4-3-5-16(20)11-15/h3-11H,12H2,1-2H3,(H2,21,22,23,25). The molecule has 0 unspecified atom stereocenters. The molecule has 1 aromatic heterocycles. The van der Waals surface area contributed by atoms with E-state index in [0.29, 0.717) is 17.5 Å². The van der Waals surface area contributed by atoms with Crippen LogP contribution in [0.1, 0.15) is 16.7 Å². The summed E-state index contributed by atoms with van der Waals surface area (Å²) in [4.78, 5) is 0. The molecule has 128 valence electrons. The number of hydrogen-bond acceptors (Lipinski definition) is 2. The van der Waals surface area contributed by atoms with E-state index in [-0.39, 0.29) is 5.82 Å². The first kappa shape index (κ1) is 17.1. The van der Waals surface area contributed by atoms with Crippen molar-refractivity contribution in [3.63, 3.8) is 0 Å². The monoisotopic (exact) mass is 354 g/mol. The highest BCUT2D eigenvalue weighted by Gasteiger charge is 2.05. The highest BCUT2D eigenvalue weighted by molar-refractivity contribution is 7.80. The summed E-state index contributed by atoms with van der Waals surface area (Å²) in [6.07, 6.45) is 1.83. The van der Waals surface area contributed by atoms with E-state index >= 15 is 0 Å². The van der Waals surface area contributed by atoms with Gasteiger partial charge in [-0.1, -0.05) is 24.3 Å². The number of hydrogen-bond donors (Lipinski definition) is 2. The molecule has 0 saturated heterocycles. The predicted molar refractivity (Wildman–Crippen MR) is 103 cm³/mol. The highest BCUT2D eigenvalue weighted by atomic mass is 32.1. The summed E-state index contributed by atoms with van der Waals surface area (Å²) in [5.41, 5.74) is 4.10. The molecule has 2 aromatic carbocycles. The van der Waals surface area contributed by atoms with Crippen LogP contribution in [0, 0.1) is 19.7 Å². The van der Waals surface area contributed by atoms with Gasteiger partial charge in [-0.25, -0.2) is 4.39 Å². The van der Waals surface area contributed by atoms with Crippen LogP contribution in [0.4, 0.5) is 15.9 Å². The Bertz CT molecular complexity index is 904. The Hall–Kier alpha value is -2.73. The summed E-state index contributed by atoms with van der Waals surface area (Å²) in [6, 6.07) is 14.5. The van der Waals surface area contributed by atoms with Crippen molar-refractivity contribution in [3.05, 3.63) is 77.2 Å². The largest absolute Gasteiger partial charge is 0.332 e. The maximum Gasteiger partial charge on any atom is 0.176 e. The predicted octanol–water partition coefficient (Wildman–Crippen LogP) is 4.50. The van der Waals surface area contributed by atoms with Gasteiger partial charge in [0.2, 0.25) is 0 Å². The zero-order chi connectivity index (χ0) is 17.8. The molecule has 6 heteroatoms. The van der Waals surface area contributed by atoms with Gasteiger partial charge in [-0.2, -0.15) is 5.10 Å². The van der Waals surface area contributed by atoms with Crippen LogP contribution in [0.3, 0.4) is 0 Å². The van der Waals surface area contributed by atoms with Crippen molar-refractivity contribution in [3.8, 4) is 0 Å². The average Bonchev–Trinajstić information content (AvgIpc) is 2.97. The summed E-state index contributed by atoms with van der Waals surface area (Å²) in [5.74, 6) is 0.390. The molecule has 0 fully saturated rings. The Morgan fingerprint density at radius 1 is 1.12 bits per heavy atom. The van der Waals surface area contributed by atoms with Gasteiger partial charge in [-0.05, 0) is 61.0 Å². The van der Waals surface area contributed by atoms with E-state index in [1.54, 1.807) is 10.7 Å². The first-order chi connectivity index (χ1) is 12.0. The van der Waals surface area contributed by atoms with Crippen LogP contribution >= 0.6 is 12.2 Å².